The van der Waals surface area contributed by atoms with Crippen molar-refractivity contribution in [1.82, 2.24) is 19.9 Å². The molecule has 0 radical (unpaired) electrons. The average Bonchev–Trinajstić information content (AvgIpc) is 3.20. The number of pyridine rings is 1. The Morgan fingerprint density at radius 2 is 2.27 bits per heavy atom. The number of carbonyl (C=O) groups excluding carboxylic acids is 1. The molecule has 1 aliphatic heterocycles. The summed E-state index contributed by atoms with van der Waals surface area (Å²) in [6.45, 7) is 3.75. The minimum absolute atomic E-state index is 0.00983. The fraction of sp³-hybridized carbons (Fsp3) is 0.263. The summed E-state index contributed by atoms with van der Waals surface area (Å²) in [6, 6.07) is 3.54. The quantitative estimate of drug-likeness (QED) is 0.779. The maximum absolute atomic E-state index is 12.5. The molecule has 1 aliphatic rings. The number of aryl methyl sites for hydroxylation is 1. The summed E-state index contributed by atoms with van der Waals surface area (Å²) in [7, 11) is 0. The van der Waals surface area contributed by atoms with Crippen LogP contribution in [0.1, 0.15) is 32.9 Å². The first-order chi connectivity index (χ1) is 12.7. The van der Waals surface area contributed by atoms with Crippen molar-refractivity contribution >= 4 is 11.7 Å². The SMILES string of the molecule is Cc1nccc(NCc2cncc3c2CCN(C(=O)c2ccoc2)C3)n1. The van der Waals surface area contributed by atoms with Crippen molar-refractivity contribution in [3.63, 3.8) is 0 Å². The topological polar surface area (TPSA) is 84.2 Å². The third-order valence-corrected chi connectivity index (χ3v) is 4.52. The Hall–Kier alpha value is -3.22. The lowest BCUT2D eigenvalue weighted by molar-refractivity contribution is 0.0733. The van der Waals surface area contributed by atoms with Gasteiger partial charge in [0.1, 0.15) is 17.9 Å². The molecule has 1 amide bonds. The van der Waals surface area contributed by atoms with Gasteiger partial charge in [-0.1, -0.05) is 0 Å². The highest BCUT2D eigenvalue weighted by Gasteiger charge is 2.24. The van der Waals surface area contributed by atoms with Crippen LogP contribution < -0.4 is 5.32 Å². The van der Waals surface area contributed by atoms with Gasteiger partial charge in [-0.2, -0.15) is 0 Å². The number of aromatic nitrogens is 3. The Balaban J connectivity index is 1.49. The van der Waals surface area contributed by atoms with Gasteiger partial charge in [-0.3, -0.25) is 9.78 Å². The van der Waals surface area contributed by atoms with Gasteiger partial charge in [0, 0.05) is 38.2 Å². The molecule has 3 aromatic heterocycles. The van der Waals surface area contributed by atoms with Crippen LogP contribution in [0, 0.1) is 6.92 Å². The smallest absolute Gasteiger partial charge is 0.257 e. The van der Waals surface area contributed by atoms with Crippen molar-refractivity contribution in [3.8, 4) is 0 Å². The number of anilines is 1. The molecule has 3 aromatic rings. The van der Waals surface area contributed by atoms with Crippen molar-refractivity contribution in [2.24, 2.45) is 0 Å². The zero-order valence-corrected chi connectivity index (χ0v) is 14.5. The average molecular weight is 349 g/mol. The number of nitrogens with zero attached hydrogens (tertiary/aromatic N) is 4. The minimum Gasteiger partial charge on any atom is -0.472 e. The van der Waals surface area contributed by atoms with Crippen molar-refractivity contribution in [1.29, 1.82) is 0 Å². The molecule has 0 aromatic carbocycles. The summed E-state index contributed by atoms with van der Waals surface area (Å²) >= 11 is 0. The van der Waals surface area contributed by atoms with Crippen LogP contribution in [0.5, 0.6) is 0 Å². The van der Waals surface area contributed by atoms with E-state index >= 15 is 0 Å². The van der Waals surface area contributed by atoms with E-state index in [0.717, 1.165) is 29.2 Å². The molecule has 0 aliphatic carbocycles. The lowest BCUT2D eigenvalue weighted by Crippen LogP contribution is -2.36. The second kappa shape index (κ2) is 6.95. The van der Waals surface area contributed by atoms with Gasteiger partial charge in [0.2, 0.25) is 0 Å². The van der Waals surface area contributed by atoms with Gasteiger partial charge in [0.25, 0.3) is 5.91 Å². The summed E-state index contributed by atoms with van der Waals surface area (Å²) in [5.41, 5.74) is 4.06. The van der Waals surface area contributed by atoms with Crippen LogP contribution in [0.4, 0.5) is 5.82 Å². The second-order valence-corrected chi connectivity index (χ2v) is 6.27. The van der Waals surface area contributed by atoms with Gasteiger partial charge in [0.15, 0.2) is 0 Å². The minimum atomic E-state index is -0.00983. The summed E-state index contributed by atoms with van der Waals surface area (Å²) in [6.07, 6.45) is 9.28. The third kappa shape index (κ3) is 3.28. The number of carbonyl (C=O) groups is 1. The predicted octanol–water partition coefficient (Wildman–Crippen LogP) is 2.58. The van der Waals surface area contributed by atoms with Gasteiger partial charge in [-0.05, 0) is 42.2 Å². The number of hydrogen-bond acceptors (Lipinski definition) is 6. The Morgan fingerprint density at radius 3 is 3.08 bits per heavy atom. The molecule has 0 bridgehead atoms. The molecule has 1 N–H and O–H groups in total. The zero-order chi connectivity index (χ0) is 17.9. The van der Waals surface area contributed by atoms with Crippen LogP contribution in [0.25, 0.3) is 0 Å². The fourth-order valence-electron chi connectivity index (χ4n) is 3.20. The van der Waals surface area contributed by atoms with E-state index in [9.17, 15) is 4.79 Å². The van der Waals surface area contributed by atoms with Gasteiger partial charge in [-0.15, -0.1) is 0 Å². The van der Waals surface area contributed by atoms with Crippen LogP contribution in [0.15, 0.2) is 47.7 Å². The molecule has 0 saturated heterocycles. The van der Waals surface area contributed by atoms with Gasteiger partial charge < -0.3 is 14.6 Å². The molecule has 0 saturated carbocycles. The Morgan fingerprint density at radius 1 is 1.35 bits per heavy atom. The number of amides is 1. The molecule has 4 heterocycles. The van der Waals surface area contributed by atoms with E-state index in [0.29, 0.717) is 25.2 Å². The molecule has 0 fully saturated rings. The summed E-state index contributed by atoms with van der Waals surface area (Å²) in [5, 5.41) is 3.32. The Kier molecular flexibility index (Phi) is 4.35. The fourth-order valence-corrected chi connectivity index (χ4v) is 3.20. The molecule has 132 valence electrons. The summed E-state index contributed by atoms with van der Waals surface area (Å²) in [4.78, 5) is 27.2. The van der Waals surface area contributed by atoms with E-state index in [-0.39, 0.29) is 5.91 Å². The molecule has 4 rings (SSSR count). The maximum Gasteiger partial charge on any atom is 0.257 e. The molecule has 0 unspecified atom stereocenters. The highest BCUT2D eigenvalue weighted by Crippen LogP contribution is 2.23. The molecule has 0 spiro atoms. The Bertz CT molecular complexity index is 923. The molecule has 0 atom stereocenters. The first-order valence-corrected chi connectivity index (χ1v) is 8.50. The highest BCUT2D eigenvalue weighted by molar-refractivity contribution is 5.93. The summed E-state index contributed by atoms with van der Waals surface area (Å²) in [5.74, 6) is 1.52. The monoisotopic (exact) mass is 349 g/mol. The highest BCUT2D eigenvalue weighted by atomic mass is 16.3. The van der Waals surface area contributed by atoms with Crippen molar-refractivity contribution < 1.29 is 9.21 Å². The van der Waals surface area contributed by atoms with Crippen molar-refractivity contribution in [2.75, 3.05) is 11.9 Å². The summed E-state index contributed by atoms with van der Waals surface area (Å²) < 4.78 is 5.02. The van der Waals surface area contributed by atoms with E-state index in [1.165, 1.54) is 18.1 Å². The van der Waals surface area contributed by atoms with Gasteiger partial charge in [0.05, 0.1) is 11.8 Å². The standard InChI is InChI=1S/C19H19N5O2/c1-13-21-5-2-18(23-13)22-10-15-8-20-9-16-11-24(6-3-17(15)16)19(25)14-4-7-26-12-14/h2,4-5,7-9,12H,3,6,10-11H2,1H3,(H,21,22,23). The van der Waals surface area contributed by atoms with E-state index in [2.05, 4.69) is 20.3 Å². The molecule has 7 heteroatoms. The normalized spacial score (nSPS) is 13.3. The third-order valence-electron chi connectivity index (χ3n) is 4.52. The number of hydrogen-bond donors (Lipinski definition) is 1. The van der Waals surface area contributed by atoms with E-state index in [1.807, 2.05) is 30.3 Å². The van der Waals surface area contributed by atoms with Crippen molar-refractivity contribution in [3.05, 3.63) is 71.3 Å². The van der Waals surface area contributed by atoms with Crippen LogP contribution >= 0.6 is 0 Å². The van der Waals surface area contributed by atoms with Crippen molar-refractivity contribution in [2.45, 2.75) is 26.4 Å². The van der Waals surface area contributed by atoms with Crippen LogP contribution in [0.2, 0.25) is 0 Å². The predicted molar refractivity (Wildman–Crippen MR) is 95.5 cm³/mol. The number of fused-ring (bicyclic) bond motifs is 1. The maximum atomic E-state index is 12.5. The number of furan rings is 1. The molecule has 7 nitrogen and oxygen atoms in total. The molecular formula is C19H19N5O2. The van der Waals surface area contributed by atoms with Gasteiger partial charge >= 0.3 is 0 Å². The lowest BCUT2D eigenvalue weighted by Gasteiger charge is -2.29. The van der Waals surface area contributed by atoms with Crippen LogP contribution in [-0.4, -0.2) is 32.3 Å². The zero-order valence-electron chi connectivity index (χ0n) is 14.5. The first kappa shape index (κ1) is 16.3. The number of rotatable bonds is 4. The van der Waals surface area contributed by atoms with E-state index in [4.69, 9.17) is 4.42 Å². The van der Waals surface area contributed by atoms with Crippen LogP contribution in [0.3, 0.4) is 0 Å². The first-order valence-electron chi connectivity index (χ1n) is 8.50. The van der Waals surface area contributed by atoms with E-state index in [1.54, 1.807) is 12.3 Å². The second-order valence-electron chi connectivity index (χ2n) is 6.27. The molecule has 26 heavy (non-hydrogen) atoms. The van der Waals surface area contributed by atoms with Gasteiger partial charge in [-0.25, -0.2) is 9.97 Å². The number of nitrogens with one attached hydrogen (secondary N) is 1. The largest absolute Gasteiger partial charge is 0.472 e. The van der Waals surface area contributed by atoms with Crippen LogP contribution in [-0.2, 0) is 19.5 Å². The van der Waals surface area contributed by atoms with E-state index < -0.39 is 0 Å². The Labute approximate surface area is 151 Å². The lowest BCUT2D eigenvalue weighted by atomic mass is 9.96. The molecular weight excluding hydrogens is 330 g/mol.